The van der Waals surface area contributed by atoms with Gasteiger partial charge in [-0.3, -0.25) is 14.0 Å². The van der Waals surface area contributed by atoms with Crippen LogP contribution in [0.4, 0.5) is 13.2 Å². The van der Waals surface area contributed by atoms with Gasteiger partial charge in [0.15, 0.2) is 0 Å². The fourth-order valence-corrected chi connectivity index (χ4v) is 4.97. The van der Waals surface area contributed by atoms with Gasteiger partial charge in [-0.15, -0.1) is 11.3 Å². The molecular formula is C25H20F3N5O2S. The summed E-state index contributed by atoms with van der Waals surface area (Å²) in [6.07, 6.45) is -0.243. The van der Waals surface area contributed by atoms with Gasteiger partial charge < -0.3 is 10.5 Å². The third kappa shape index (κ3) is 4.33. The summed E-state index contributed by atoms with van der Waals surface area (Å²) in [6, 6.07) is 12.5. The Hall–Kier alpha value is -4.12. The van der Waals surface area contributed by atoms with E-state index in [1.807, 2.05) is 31.4 Å². The standard InChI is InChI=1S/C25H20F3N5O2S/c1-14(17-5-3-4-6-18(17)25(26,27)28)35-21-10-22(36-23(21)24(29)34)33-13-30-19-9-15(7-8-20(19)33)16-11-31-32(2)12-16/h3-14H,1-2H3,(H2,29,34)/t14-/m1/s1. The summed E-state index contributed by atoms with van der Waals surface area (Å²) >= 11 is 1.08. The number of nitrogens with two attached hydrogens (primary N) is 1. The van der Waals surface area contributed by atoms with Crippen LogP contribution in [0.5, 0.6) is 5.75 Å². The lowest BCUT2D eigenvalue weighted by Gasteiger charge is -2.19. The second-order valence-electron chi connectivity index (χ2n) is 8.21. The molecule has 0 fully saturated rings. The van der Waals surface area contributed by atoms with Crippen molar-refractivity contribution in [3.05, 3.63) is 83.3 Å². The van der Waals surface area contributed by atoms with Crippen molar-refractivity contribution in [3.63, 3.8) is 0 Å². The SMILES string of the molecule is C[C@@H](Oc1cc(-n2cnc3cc(-c4cnn(C)c4)ccc32)sc1C(N)=O)c1ccccc1C(F)(F)F. The molecule has 0 aliphatic rings. The monoisotopic (exact) mass is 511 g/mol. The minimum atomic E-state index is -4.54. The van der Waals surface area contributed by atoms with Crippen LogP contribution >= 0.6 is 11.3 Å². The van der Waals surface area contributed by atoms with Crippen molar-refractivity contribution >= 4 is 28.3 Å². The van der Waals surface area contributed by atoms with E-state index in [2.05, 4.69) is 10.1 Å². The van der Waals surface area contributed by atoms with E-state index >= 15 is 0 Å². The molecule has 0 bridgehead atoms. The van der Waals surface area contributed by atoms with Gasteiger partial charge in [0.2, 0.25) is 0 Å². The van der Waals surface area contributed by atoms with Crippen molar-refractivity contribution in [3.8, 4) is 21.9 Å². The summed E-state index contributed by atoms with van der Waals surface area (Å²) in [5, 5.41) is 4.78. The molecule has 11 heteroatoms. The number of aromatic nitrogens is 4. The summed E-state index contributed by atoms with van der Waals surface area (Å²) in [4.78, 5) is 16.7. The van der Waals surface area contributed by atoms with Crippen LogP contribution in [0.3, 0.4) is 0 Å². The smallest absolute Gasteiger partial charge is 0.416 e. The first-order valence-corrected chi connectivity index (χ1v) is 11.7. The molecule has 0 unspecified atom stereocenters. The van der Waals surface area contributed by atoms with Crippen LogP contribution in [-0.4, -0.2) is 25.2 Å². The van der Waals surface area contributed by atoms with Crippen molar-refractivity contribution in [1.29, 1.82) is 0 Å². The first kappa shape index (κ1) is 23.6. The first-order valence-electron chi connectivity index (χ1n) is 10.8. The molecule has 7 nitrogen and oxygen atoms in total. The summed E-state index contributed by atoms with van der Waals surface area (Å²) in [6.45, 7) is 1.50. The molecular weight excluding hydrogens is 491 g/mol. The molecule has 3 aromatic heterocycles. The predicted octanol–water partition coefficient (Wildman–Crippen LogP) is 5.75. The van der Waals surface area contributed by atoms with Crippen LogP contribution in [0, 0.1) is 0 Å². The molecule has 0 saturated heterocycles. The van der Waals surface area contributed by atoms with Gasteiger partial charge in [-0.2, -0.15) is 18.3 Å². The van der Waals surface area contributed by atoms with E-state index in [9.17, 15) is 18.0 Å². The second kappa shape index (κ2) is 8.83. The van der Waals surface area contributed by atoms with Gasteiger partial charge in [-0.05, 0) is 30.7 Å². The Bertz CT molecular complexity index is 1580. The number of thiophene rings is 1. The average molecular weight is 512 g/mol. The molecule has 2 N–H and O–H groups in total. The van der Waals surface area contributed by atoms with E-state index < -0.39 is 23.8 Å². The van der Waals surface area contributed by atoms with E-state index in [4.69, 9.17) is 10.5 Å². The fraction of sp³-hybridized carbons (Fsp3) is 0.160. The maximum atomic E-state index is 13.5. The predicted molar refractivity (Wildman–Crippen MR) is 130 cm³/mol. The van der Waals surface area contributed by atoms with Gasteiger partial charge in [0.05, 0.1) is 22.8 Å². The number of hydrogen-bond donors (Lipinski definition) is 1. The van der Waals surface area contributed by atoms with E-state index in [-0.39, 0.29) is 16.2 Å². The second-order valence-corrected chi connectivity index (χ2v) is 9.24. The van der Waals surface area contributed by atoms with Crippen molar-refractivity contribution in [2.24, 2.45) is 12.8 Å². The highest BCUT2D eigenvalue weighted by Crippen LogP contribution is 2.39. The first-order chi connectivity index (χ1) is 17.1. The minimum Gasteiger partial charge on any atom is -0.484 e. The molecule has 5 aromatic rings. The molecule has 0 aliphatic heterocycles. The van der Waals surface area contributed by atoms with Crippen molar-refractivity contribution < 1.29 is 22.7 Å². The zero-order valence-corrected chi connectivity index (χ0v) is 20.0. The summed E-state index contributed by atoms with van der Waals surface area (Å²) in [5.74, 6) is -0.623. The van der Waals surface area contributed by atoms with Gasteiger partial charge in [-0.25, -0.2) is 4.98 Å². The highest BCUT2D eigenvalue weighted by molar-refractivity contribution is 7.16. The third-order valence-corrected chi connectivity index (χ3v) is 6.87. The van der Waals surface area contributed by atoms with Crippen molar-refractivity contribution in [2.45, 2.75) is 19.2 Å². The molecule has 0 spiro atoms. The Morgan fingerprint density at radius 1 is 1.14 bits per heavy atom. The number of nitrogens with zero attached hydrogens (tertiary/aromatic N) is 4. The number of carbonyl (C=O) groups is 1. The summed E-state index contributed by atoms with van der Waals surface area (Å²) in [7, 11) is 1.84. The van der Waals surface area contributed by atoms with Gasteiger partial charge in [0, 0.05) is 30.4 Å². The maximum absolute atomic E-state index is 13.5. The van der Waals surface area contributed by atoms with E-state index in [0.717, 1.165) is 39.6 Å². The number of benzene rings is 2. The molecule has 0 saturated carbocycles. The van der Waals surface area contributed by atoms with E-state index in [1.54, 1.807) is 27.8 Å². The van der Waals surface area contributed by atoms with Crippen LogP contribution < -0.4 is 10.5 Å². The highest BCUT2D eigenvalue weighted by atomic mass is 32.1. The Labute approximate surface area is 207 Å². The number of halogens is 3. The molecule has 0 aliphatic carbocycles. The zero-order chi connectivity index (χ0) is 25.6. The molecule has 5 rings (SSSR count). The molecule has 184 valence electrons. The number of hydrogen-bond acceptors (Lipinski definition) is 5. The molecule has 2 aromatic carbocycles. The van der Waals surface area contributed by atoms with E-state index in [1.165, 1.54) is 25.1 Å². The number of aryl methyl sites for hydroxylation is 1. The molecule has 3 heterocycles. The van der Waals surface area contributed by atoms with Crippen molar-refractivity contribution in [2.75, 3.05) is 0 Å². The number of fused-ring (bicyclic) bond motifs is 1. The van der Waals surface area contributed by atoms with Crippen LogP contribution in [-0.2, 0) is 13.2 Å². The summed E-state index contributed by atoms with van der Waals surface area (Å²) in [5.41, 5.74) is 8.14. The normalized spacial score (nSPS) is 12.7. The third-order valence-electron chi connectivity index (χ3n) is 5.74. The van der Waals surface area contributed by atoms with Gasteiger partial charge >= 0.3 is 6.18 Å². The van der Waals surface area contributed by atoms with Crippen molar-refractivity contribution in [1.82, 2.24) is 19.3 Å². The Morgan fingerprint density at radius 3 is 2.61 bits per heavy atom. The maximum Gasteiger partial charge on any atom is 0.416 e. The number of primary amides is 1. The highest BCUT2D eigenvalue weighted by Gasteiger charge is 2.35. The fourth-order valence-electron chi connectivity index (χ4n) is 4.04. The molecule has 1 atom stereocenters. The van der Waals surface area contributed by atoms with E-state index in [0.29, 0.717) is 5.00 Å². The number of carbonyl (C=O) groups excluding carboxylic acids is 1. The number of rotatable bonds is 6. The molecule has 0 radical (unpaired) electrons. The quantitative estimate of drug-likeness (QED) is 0.315. The van der Waals surface area contributed by atoms with Gasteiger partial charge in [-0.1, -0.05) is 24.3 Å². The zero-order valence-electron chi connectivity index (χ0n) is 19.2. The van der Waals surface area contributed by atoms with Crippen LogP contribution in [0.1, 0.15) is 33.8 Å². The Kier molecular flexibility index (Phi) is 5.79. The topological polar surface area (TPSA) is 88.0 Å². The number of alkyl halides is 3. The van der Waals surface area contributed by atoms with Crippen LogP contribution in [0.15, 0.2) is 67.3 Å². The van der Waals surface area contributed by atoms with Gasteiger partial charge in [0.25, 0.3) is 5.91 Å². The van der Waals surface area contributed by atoms with Gasteiger partial charge in [0.1, 0.15) is 28.1 Å². The van der Waals surface area contributed by atoms with Crippen LogP contribution in [0.2, 0.25) is 0 Å². The average Bonchev–Trinajstić information content (AvgIpc) is 3.56. The van der Waals surface area contributed by atoms with Crippen LogP contribution in [0.25, 0.3) is 27.2 Å². The lowest BCUT2D eigenvalue weighted by Crippen LogP contribution is -2.15. The lowest BCUT2D eigenvalue weighted by molar-refractivity contribution is -0.138. The Balaban J connectivity index is 1.50. The molecule has 36 heavy (non-hydrogen) atoms. The molecule has 1 amide bonds. The number of imidazole rings is 1. The Morgan fingerprint density at radius 2 is 1.92 bits per heavy atom. The minimum absolute atomic E-state index is 0.0378. The number of ether oxygens (including phenoxy) is 1. The lowest BCUT2D eigenvalue weighted by atomic mass is 10.0. The number of amides is 1. The summed E-state index contributed by atoms with van der Waals surface area (Å²) < 4.78 is 49.8. The largest absolute Gasteiger partial charge is 0.484 e.